The van der Waals surface area contributed by atoms with Crippen molar-refractivity contribution in [1.29, 1.82) is 0 Å². The van der Waals surface area contributed by atoms with E-state index in [0.717, 1.165) is 5.56 Å². The molecule has 0 radical (unpaired) electrons. The van der Waals surface area contributed by atoms with E-state index >= 15 is 0 Å². The summed E-state index contributed by atoms with van der Waals surface area (Å²) < 4.78 is 18.9. The maximum absolute atomic E-state index is 13.7. The van der Waals surface area contributed by atoms with Crippen molar-refractivity contribution in [2.45, 2.75) is 131 Å². The second-order valence-corrected chi connectivity index (χ2v) is 17.3. The molecule has 0 spiro atoms. The van der Waals surface area contributed by atoms with E-state index in [-0.39, 0.29) is 12.5 Å². The largest absolute Gasteiger partial charge is 0.461 e. The fourth-order valence-electron chi connectivity index (χ4n) is 9.05. The van der Waals surface area contributed by atoms with Gasteiger partial charge in [0.25, 0.3) is 0 Å². The van der Waals surface area contributed by atoms with Gasteiger partial charge in [0.15, 0.2) is 6.10 Å². The molecule has 8 heteroatoms. The van der Waals surface area contributed by atoms with Crippen molar-refractivity contribution < 1.29 is 39.1 Å². The molecule has 2 bridgehead atoms. The number of hydrogen-bond donors (Lipinski definition) is 3. The molecule has 1 aromatic carbocycles. The summed E-state index contributed by atoms with van der Waals surface area (Å²) in [5, 5.41) is 38.0. The van der Waals surface area contributed by atoms with Crippen LogP contribution in [0, 0.1) is 33.0 Å². The lowest BCUT2D eigenvalue weighted by molar-refractivity contribution is -0.322. The van der Waals surface area contributed by atoms with Crippen LogP contribution in [0.1, 0.15) is 100 Å². The second kappa shape index (κ2) is 10.6. The smallest absolute Gasteiger partial charge is 0.311 e. The first-order chi connectivity index (χ1) is 20.5. The van der Waals surface area contributed by atoms with Crippen molar-refractivity contribution in [2.75, 3.05) is 6.61 Å². The molecule has 4 aliphatic rings. The van der Waals surface area contributed by atoms with Gasteiger partial charge in [-0.25, -0.2) is 0 Å². The molecule has 3 aliphatic carbocycles. The first kappa shape index (κ1) is 34.1. The third-order valence-corrected chi connectivity index (χ3v) is 11.9. The normalized spacial score (nSPS) is 41.1. The summed E-state index contributed by atoms with van der Waals surface area (Å²) in [5.74, 6) is -2.05. The van der Waals surface area contributed by atoms with Crippen LogP contribution in [0.4, 0.5) is 0 Å². The molecule has 5 rings (SSSR count). The summed E-state index contributed by atoms with van der Waals surface area (Å²) in [6.45, 7) is 20.7. The zero-order valence-corrected chi connectivity index (χ0v) is 28.9. The second-order valence-electron chi connectivity index (χ2n) is 17.3. The Morgan fingerprint density at radius 1 is 0.911 bits per heavy atom. The van der Waals surface area contributed by atoms with Gasteiger partial charge in [0.2, 0.25) is 0 Å². The average Bonchev–Trinajstić information content (AvgIpc) is 2.92. The van der Waals surface area contributed by atoms with Crippen LogP contribution in [0.15, 0.2) is 41.5 Å². The predicted molar refractivity (Wildman–Crippen MR) is 170 cm³/mol. The van der Waals surface area contributed by atoms with Gasteiger partial charge in [0.1, 0.15) is 12.2 Å². The highest BCUT2D eigenvalue weighted by Gasteiger charge is 2.75. The Labute approximate surface area is 268 Å². The Morgan fingerprint density at radius 3 is 1.98 bits per heavy atom. The number of esters is 2. The van der Waals surface area contributed by atoms with E-state index in [4.69, 9.17) is 14.2 Å². The minimum atomic E-state index is -1.56. The van der Waals surface area contributed by atoms with Gasteiger partial charge in [-0.1, -0.05) is 58.0 Å². The number of benzene rings is 1. The molecule has 1 unspecified atom stereocenters. The lowest BCUT2D eigenvalue weighted by Crippen LogP contribution is -2.76. The highest BCUT2D eigenvalue weighted by atomic mass is 16.6. The van der Waals surface area contributed by atoms with Crippen LogP contribution in [0.25, 0.3) is 0 Å². The number of aliphatic hydroxyl groups excluding tert-OH is 2. The van der Waals surface area contributed by atoms with Crippen molar-refractivity contribution in [2.24, 2.45) is 33.0 Å². The van der Waals surface area contributed by atoms with E-state index in [9.17, 15) is 24.9 Å². The number of carbonyl (C=O) groups is 2. The predicted octanol–water partition coefficient (Wildman–Crippen LogP) is 5.33. The summed E-state index contributed by atoms with van der Waals surface area (Å²) in [6, 6.07) is 9.78. The summed E-state index contributed by atoms with van der Waals surface area (Å²) >= 11 is 0. The minimum absolute atomic E-state index is 0.0472. The van der Waals surface area contributed by atoms with Gasteiger partial charge in [-0.15, -0.1) is 0 Å². The SMILES string of the molecule is CC1=C2[C@@H](OC(=O)C(C)(C)C)[C@H](O)[C@@]3(C)C([C@H](c4ccccc4)[C@](O)(C[C@@H]1O)C2(C)C)[C@]1(C)CO[C@@H]1C[C@@H]3OC(=O)C(C)(C)C. The molecule has 0 aromatic heterocycles. The average molecular weight is 627 g/mol. The lowest BCUT2D eigenvalue weighted by Gasteiger charge is -2.70. The van der Waals surface area contributed by atoms with Crippen molar-refractivity contribution in [1.82, 2.24) is 0 Å². The number of aliphatic hydroxyl groups is 3. The Hall–Kier alpha value is -2.26. The number of hydrogen-bond acceptors (Lipinski definition) is 8. The molecule has 1 aliphatic heterocycles. The van der Waals surface area contributed by atoms with Crippen LogP contribution in [-0.4, -0.2) is 70.0 Å². The van der Waals surface area contributed by atoms with E-state index in [0.29, 0.717) is 24.2 Å². The van der Waals surface area contributed by atoms with Crippen LogP contribution in [0.3, 0.4) is 0 Å². The number of carbonyl (C=O) groups excluding carboxylic acids is 2. The molecule has 3 fully saturated rings. The van der Waals surface area contributed by atoms with Crippen LogP contribution in [-0.2, 0) is 23.8 Å². The van der Waals surface area contributed by atoms with E-state index in [2.05, 4.69) is 6.92 Å². The molecular formula is C37H54O8. The maximum Gasteiger partial charge on any atom is 0.311 e. The lowest BCUT2D eigenvalue weighted by atomic mass is 9.39. The molecule has 1 saturated heterocycles. The summed E-state index contributed by atoms with van der Waals surface area (Å²) in [7, 11) is 0. The van der Waals surface area contributed by atoms with Crippen molar-refractivity contribution in [3.05, 3.63) is 47.0 Å². The molecule has 2 saturated carbocycles. The molecule has 8 nitrogen and oxygen atoms in total. The zero-order chi connectivity index (χ0) is 33.7. The van der Waals surface area contributed by atoms with Gasteiger partial charge < -0.3 is 29.5 Å². The van der Waals surface area contributed by atoms with Crippen LogP contribution in [0.5, 0.6) is 0 Å². The zero-order valence-electron chi connectivity index (χ0n) is 28.9. The van der Waals surface area contributed by atoms with Crippen LogP contribution < -0.4 is 0 Å². The van der Waals surface area contributed by atoms with E-state index < -0.39 is 80.9 Å². The van der Waals surface area contributed by atoms with Gasteiger partial charge in [-0.2, -0.15) is 0 Å². The molecule has 10 atom stereocenters. The van der Waals surface area contributed by atoms with Gasteiger partial charge in [0, 0.05) is 35.0 Å². The molecule has 0 amide bonds. The van der Waals surface area contributed by atoms with Gasteiger partial charge in [0.05, 0.1) is 35.2 Å². The molecule has 45 heavy (non-hydrogen) atoms. The van der Waals surface area contributed by atoms with E-state index in [1.165, 1.54) is 0 Å². The minimum Gasteiger partial charge on any atom is -0.461 e. The number of ether oxygens (including phenoxy) is 3. The highest BCUT2D eigenvalue weighted by Crippen LogP contribution is 2.70. The Bertz CT molecular complexity index is 1370. The topological polar surface area (TPSA) is 123 Å². The Morgan fingerprint density at radius 2 is 1.47 bits per heavy atom. The third kappa shape index (κ3) is 4.92. The van der Waals surface area contributed by atoms with Crippen molar-refractivity contribution in [3.8, 4) is 0 Å². The molecule has 3 N–H and O–H groups in total. The standard InChI is InChI=1S/C37H54O8/c1-20-22(38)18-37(42)26(21-15-13-12-14-16-21)28-35(10)19-43-23(35)17-24(44-30(40)32(2,3)4)36(28,11)29(39)27(25(20)34(37,8)9)45-31(41)33(5,6)7/h12-16,22-24,26-29,38-39,42H,17-19H2,1-11H3/t22-,23+,24-,26-,27+,28?,29-,35+,36+,37+/m0/s1. The first-order valence-corrected chi connectivity index (χ1v) is 16.4. The number of rotatable bonds is 3. The quantitative estimate of drug-likeness (QED) is 0.304. The monoisotopic (exact) mass is 626 g/mol. The van der Waals surface area contributed by atoms with Crippen LogP contribution >= 0.6 is 0 Å². The Balaban J connectivity index is 1.87. The third-order valence-electron chi connectivity index (χ3n) is 11.9. The molecule has 1 aromatic rings. The number of fused-ring (bicyclic) bond motifs is 5. The highest BCUT2D eigenvalue weighted by molar-refractivity contribution is 5.76. The fourth-order valence-corrected chi connectivity index (χ4v) is 9.05. The molecule has 250 valence electrons. The van der Waals surface area contributed by atoms with E-state index in [1.54, 1.807) is 48.5 Å². The molecular weight excluding hydrogens is 572 g/mol. The summed E-state index contributed by atoms with van der Waals surface area (Å²) in [5.41, 5.74) is -4.11. The summed E-state index contributed by atoms with van der Waals surface area (Å²) in [6.07, 6.45) is -4.31. The van der Waals surface area contributed by atoms with Gasteiger partial charge >= 0.3 is 11.9 Å². The van der Waals surface area contributed by atoms with Gasteiger partial charge in [-0.3, -0.25) is 9.59 Å². The summed E-state index contributed by atoms with van der Waals surface area (Å²) in [4.78, 5) is 27.2. The fraction of sp³-hybridized carbons (Fsp3) is 0.730. The maximum atomic E-state index is 13.7. The van der Waals surface area contributed by atoms with Crippen molar-refractivity contribution in [3.63, 3.8) is 0 Å². The van der Waals surface area contributed by atoms with Gasteiger partial charge in [-0.05, 0) is 71.1 Å². The van der Waals surface area contributed by atoms with Crippen molar-refractivity contribution >= 4 is 11.9 Å². The Kier molecular flexibility index (Phi) is 8.05. The molecule has 1 heterocycles. The van der Waals surface area contributed by atoms with Crippen LogP contribution in [0.2, 0.25) is 0 Å². The van der Waals surface area contributed by atoms with E-state index in [1.807, 2.05) is 51.1 Å². The first-order valence-electron chi connectivity index (χ1n) is 16.4.